The number of ether oxygens (including phenoxy) is 1. The molecular weight excluding hydrogens is 226 g/mol. The predicted molar refractivity (Wildman–Crippen MR) is 60.3 cm³/mol. The number of hydrogen-bond donors (Lipinski definition) is 3. The van der Waals surface area contributed by atoms with Crippen molar-refractivity contribution in [2.45, 2.75) is 38.8 Å². The van der Waals surface area contributed by atoms with E-state index in [1.165, 1.54) is 0 Å². The molecule has 1 amide bonds. The predicted octanol–water partition coefficient (Wildman–Crippen LogP) is -1.37. The summed E-state index contributed by atoms with van der Waals surface area (Å²) in [5.74, 6) is -2.38. The van der Waals surface area contributed by atoms with Gasteiger partial charge in [-0.05, 0) is 12.3 Å². The quantitative estimate of drug-likeness (QED) is 0.390. The molecule has 0 radical (unpaired) electrons. The summed E-state index contributed by atoms with van der Waals surface area (Å²) in [6, 6.07) is -2.11. The third kappa shape index (κ3) is 6.64. The smallest absolute Gasteiger partial charge is 0.331 e. The van der Waals surface area contributed by atoms with E-state index in [-0.39, 0.29) is 12.3 Å². The van der Waals surface area contributed by atoms with E-state index in [0.717, 1.165) is 0 Å². The second-order valence-electron chi connectivity index (χ2n) is 4.25. The Morgan fingerprint density at radius 3 is 1.94 bits per heavy atom. The summed E-state index contributed by atoms with van der Waals surface area (Å²) in [6.45, 7) is 3.77. The Morgan fingerprint density at radius 1 is 1.06 bits per heavy atom. The number of amides is 1. The Labute approximate surface area is 99.6 Å². The molecule has 0 aliphatic rings. The molecule has 7 nitrogen and oxygen atoms in total. The van der Waals surface area contributed by atoms with E-state index in [9.17, 15) is 14.4 Å². The van der Waals surface area contributed by atoms with Gasteiger partial charge in [-0.15, -0.1) is 0 Å². The number of hydrogen-bond acceptors (Lipinski definition) is 6. The summed E-state index contributed by atoms with van der Waals surface area (Å²) < 4.78 is 4.44. The van der Waals surface area contributed by atoms with E-state index >= 15 is 0 Å². The van der Waals surface area contributed by atoms with Gasteiger partial charge in [-0.3, -0.25) is 4.79 Å². The molecule has 17 heavy (non-hydrogen) atoms. The number of rotatable bonds is 6. The van der Waals surface area contributed by atoms with Crippen LogP contribution in [0.25, 0.3) is 0 Å². The Morgan fingerprint density at radius 2 is 1.53 bits per heavy atom. The SMILES string of the molecule is CC(C)C[C@@H](N)C(=O)OC(=O)[C@H](N)CC(N)=O. The van der Waals surface area contributed by atoms with Crippen LogP contribution in [-0.2, 0) is 19.1 Å². The third-order valence-corrected chi connectivity index (χ3v) is 1.95. The molecule has 0 spiro atoms. The number of esters is 2. The molecule has 0 aliphatic carbocycles. The van der Waals surface area contributed by atoms with Crippen molar-refractivity contribution >= 4 is 17.8 Å². The maximum Gasteiger partial charge on any atom is 0.331 e. The highest BCUT2D eigenvalue weighted by Gasteiger charge is 2.24. The Balaban J connectivity index is 4.19. The van der Waals surface area contributed by atoms with E-state index in [1.807, 2.05) is 13.8 Å². The van der Waals surface area contributed by atoms with E-state index in [1.54, 1.807) is 0 Å². The molecule has 0 aromatic heterocycles. The zero-order chi connectivity index (χ0) is 13.6. The van der Waals surface area contributed by atoms with Crippen LogP contribution >= 0.6 is 0 Å². The minimum atomic E-state index is -1.23. The van der Waals surface area contributed by atoms with Gasteiger partial charge in [0.15, 0.2) is 0 Å². The van der Waals surface area contributed by atoms with Crippen LogP contribution in [-0.4, -0.2) is 29.9 Å². The van der Waals surface area contributed by atoms with Crippen LogP contribution in [0.3, 0.4) is 0 Å². The number of carbonyl (C=O) groups is 3. The van der Waals surface area contributed by atoms with Gasteiger partial charge in [0.1, 0.15) is 12.1 Å². The van der Waals surface area contributed by atoms with Crippen LogP contribution in [0.2, 0.25) is 0 Å². The zero-order valence-corrected chi connectivity index (χ0v) is 10.0. The van der Waals surface area contributed by atoms with Gasteiger partial charge in [-0.2, -0.15) is 0 Å². The number of nitrogens with two attached hydrogens (primary N) is 3. The molecule has 0 bridgehead atoms. The fourth-order valence-corrected chi connectivity index (χ4v) is 1.15. The van der Waals surface area contributed by atoms with Gasteiger partial charge in [-0.25, -0.2) is 9.59 Å². The van der Waals surface area contributed by atoms with Gasteiger partial charge in [-0.1, -0.05) is 13.8 Å². The highest BCUT2D eigenvalue weighted by Crippen LogP contribution is 2.04. The molecular formula is C10H19N3O4. The normalized spacial score (nSPS) is 14.2. The lowest BCUT2D eigenvalue weighted by atomic mass is 10.1. The van der Waals surface area contributed by atoms with Crippen LogP contribution in [0.15, 0.2) is 0 Å². The van der Waals surface area contributed by atoms with Gasteiger partial charge in [0.05, 0.1) is 6.42 Å². The summed E-state index contributed by atoms with van der Waals surface area (Å²) in [5, 5.41) is 0. The largest absolute Gasteiger partial charge is 0.391 e. The lowest BCUT2D eigenvalue weighted by Crippen LogP contribution is -2.41. The van der Waals surface area contributed by atoms with Crippen molar-refractivity contribution in [1.82, 2.24) is 0 Å². The molecule has 7 heteroatoms. The minimum Gasteiger partial charge on any atom is -0.391 e. The van der Waals surface area contributed by atoms with Crippen LogP contribution in [0.1, 0.15) is 26.7 Å². The lowest BCUT2D eigenvalue weighted by molar-refractivity contribution is -0.162. The Bertz CT molecular complexity index is 304. The first-order valence-electron chi connectivity index (χ1n) is 5.29. The molecule has 0 heterocycles. The fourth-order valence-electron chi connectivity index (χ4n) is 1.15. The van der Waals surface area contributed by atoms with Crippen molar-refractivity contribution in [3.8, 4) is 0 Å². The summed E-state index contributed by atoms with van der Waals surface area (Å²) in [4.78, 5) is 33.1. The van der Waals surface area contributed by atoms with E-state index in [4.69, 9.17) is 17.2 Å². The highest BCUT2D eigenvalue weighted by atomic mass is 16.6. The molecule has 2 atom stereocenters. The standard InChI is InChI=1S/C10H19N3O4/c1-5(2)3-6(11)9(15)17-10(16)7(12)4-8(13)14/h5-7H,3-4,11-12H2,1-2H3,(H2,13,14)/t6-,7-/m1/s1. The average Bonchev–Trinajstić information content (AvgIpc) is 2.15. The summed E-state index contributed by atoms with van der Waals surface area (Å²) in [7, 11) is 0. The fraction of sp³-hybridized carbons (Fsp3) is 0.700. The molecule has 0 saturated heterocycles. The van der Waals surface area contributed by atoms with Crippen LogP contribution < -0.4 is 17.2 Å². The second-order valence-corrected chi connectivity index (χ2v) is 4.25. The van der Waals surface area contributed by atoms with Crippen LogP contribution in [0, 0.1) is 5.92 Å². The molecule has 0 aromatic carbocycles. The lowest BCUT2D eigenvalue weighted by Gasteiger charge is -2.14. The molecule has 0 aromatic rings. The van der Waals surface area contributed by atoms with Crippen molar-refractivity contribution in [3.63, 3.8) is 0 Å². The molecule has 0 unspecified atom stereocenters. The van der Waals surface area contributed by atoms with Gasteiger partial charge < -0.3 is 21.9 Å². The molecule has 98 valence electrons. The Hall–Kier alpha value is -1.47. The van der Waals surface area contributed by atoms with E-state index < -0.39 is 29.9 Å². The van der Waals surface area contributed by atoms with Gasteiger partial charge in [0.2, 0.25) is 5.91 Å². The molecule has 0 saturated carbocycles. The van der Waals surface area contributed by atoms with E-state index in [0.29, 0.717) is 6.42 Å². The first-order chi connectivity index (χ1) is 7.73. The molecule has 0 aliphatic heterocycles. The third-order valence-electron chi connectivity index (χ3n) is 1.95. The van der Waals surface area contributed by atoms with Gasteiger partial charge >= 0.3 is 11.9 Å². The second kappa shape index (κ2) is 6.97. The minimum absolute atomic E-state index is 0.201. The Kier molecular flexibility index (Phi) is 6.37. The van der Waals surface area contributed by atoms with Crippen molar-refractivity contribution < 1.29 is 19.1 Å². The maximum atomic E-state index is 11.3. The van der Waals surface area contributed by atoms with Crippen LogP contribution in [0.4, 0.5) is 0 Å². The first kappa shape index (κ1) is 15.5. The van der Waals surface area contributed by atoms with Crippen LogP contribution in [0.5, 0.6) is 0 Å². The monoisotopic (exact) mass is 245 g/mol. The van der Waals surface area contributed by atoms with Crippen molar-refractivity contribution in [1.29, 1.82) is 0 Å². The highest BCUT2D eigenvalue weighted by molar-refractivity contribution is 5.92. The number of carbonyl (C=O) groups excluding carboxylic acids is 3. The average molecular weight is 245 g/mol. The van der Waals surface area contributed by atoms with Crippen molar-refractivity contribution in [3.05, 3.63) is 0 Å². The summed E-state index contributed by atoms with van der Waals surface area (Å²) in [6.07, 6.45) is 0.0305. The topological polar surface area (TPSA) is 138 Å². The van der Waals surface area contributed by atoms with Gasteiger partial charge in [0, 0.05) is 0 Å². The van der Waals surface area contributed by atoms with E-state index in [2.05, 4.69) is 4.74 Å². The molecule has 0 rings (SSSR count). The van der Waals surface area contributed by atoms with Gasteiger partial charge in [0.25, 0.3) is 0 Å². The zero-order valence-electron chi connectivity index (χ0n) is 10.0. The summed E-state index contributed by atoms with van der Waals surface area (Å²) in [5.41, 5.74) is 15.7. The van der Waals surface area contributed by atoms with Crippen molar-refractivity contribution in [2.24, 2.45) is 23.1 Å². The molecule has 0 fully saturated rings. The van der Waals surface area contributed by atoms with Crippen molar-refractivity contribution in [2.75, 3.05) is 0 Å². The summed E-state index contributed by atoms with van der Waals surface area (Å²) >= 11 is 0. The number of primary amides is 1. The maximum absolute atomic E-state index is 11.3. The first-order valence-corrected chi connectivity index (χ1v) is 5.29. The molecule has 6 N–H and O–H groups in total.